The number of aromatic nitrogens is 1. The zero-order valence-electron chi connectivity index (χ0n) is 18.1. The third kappa shape index (κ3) is 3.54. The summed E-state index contributed by atoms with van der Waals surface area (Å²) in [5.74, 6) is 1.60. The monoisotopic (exact) mass is 427 g/mol. The number of nitrogens with zero attached hydrogens (tertiary/aromatic N) is 1. The summed E-state index contributed by atoms with van der Waals surface area (Å²) in [6.45, 7) is 0.562. The van der Waals surface area contributed by atoms with Gasteiger partial charge in [-0.05, 0) is 60.0 Å². The van der Waals surface area contributed by atoms with E-state index >= 15 is 0 Å². The summed E-state index contributed by atoms with van der Waals surface area (Å²) in [4.78, 5) is 18.7. The van der Waals surface area contributed by atoms with Crippen LogP contribution in [0.4, 0.5) is 5.69 Å². The lowest BCUT2D eigenvalue weighted by molar-refractivity contribution is 0.0685. The highest BCUT2D eigenvalue weighted by molar-refractivity contribution is 6.01. The largest absolute Gasteiger partial charge is 0.497 e. The number of hydrogen-bond acceptors (Lipinski definition) is 4. The second-order valence-corrected chi connectivity index (χ2v) is 7.84. The first kappa shape index (κ1) is 20.0. The molecule has 6 heteroatoms. The first-order valence-electron chi connectivity index (χ1n) is 10.6. The molecule has 1 aliphatic rings. The van der Waals surface area contributed by atoms with Gasteiger partial charge in [0.2, 0.25) is 0 Å². The average Bonchev–Trinajstić information content (AvgIpc) is 3.25. The van der Waals surface area contributed by atoms with Crippen LogP contribution in [0.25, 0.3) is 10.9 Å². The molecule has 0 spiro atoms. The molecule has 32 heavy (non-hydrogen) atoms. The second kappa shape index (κ2) is 8.30. The molecular weight excluding hydrogens is 402 g/mol. The molecule has 6 nitrogen and oxygen atoms in total. The lowest BCUT2D eigenvalue weighted by Gasteiger charge is -2.38. The number of hydrogen-bond donors (Lipinski definition) is 2. The number of ether oxygens (including phenoxy) is 2. The molecular formula is C26H25N3O3. The minimum Gasteiger partial charge on any atom is -0.497 e. The third-order valence-electron chi connectivity index (χ3n) is 6.03. The number of nitrogens with one attached hydrogen (secondary N) is 2. The highest BCUT2D eigenvalue weighted by Gasteiger charge is 2.32. The van der Waals surface area contributed by atoms with Gasteiger partial charge in [-0.3, -0.25) is 4.79 Å². The zero-order valence-corrected chi connectivity index (χ0v) is 18.1. The summed E-state index contributed by atoms with van der Waals surface area (Å²) in [5, 5.41) is 4.66. The van der Waals surface area contributed by atoms with Gasteiger partial charge in [-0.2, -0.15) is 0 Å². The van der Waals surface area contributed by atoms with Crippen molar-refractivity contribution in [1.29, 1.82) is 0 Å². The lowest BCUT2D eigenvalue weighted by Crippen LogP contribution is -2.44. The number of rotatable bonds is 6. The van der Waals surface area contributed by atoms with Gasteiger partial charge in [0.15, 0.2) is 0 Å². The van der Waals surface area contributed by atoms with Gasteiger partial charge >= 0.3 is 0 Å². The van der Waals surface area contributed by atoms with Crippen LogP contribution in [-0.2, 0) is 6.42 Å². The number of anilines is 1. The van der Waals surface area contributed by atoms with Crippen molar-refractivity contribution in [3.63, 3.8) is 0 Å². The maximum atomic E-state index is 13.5. The Kier molecular flexibility index (Phi) is 5.19. The Bertz CT molecular complexity index is 1280. The minimum atomic E-state index is -0.285. The van der Waals surface area contributed by atoms with Crippen LogP contribution in [0.1, 0.15) is 27.7 Å². The molecule has 2 N–H and O–H groups in total. The van der Waals surface area contributed by atoms with Crippen LogP contribution in [0.15, 0.2) is 72.9 Å². The summed E-state index contributed by atoms with van der Waals surface area (Å²) in [6.07, 6.45) is 2.44. The number of H-pyrrole nitrogens is 1. The van der Waals surface area contributed by atoms with Gasteiger partial charge in [-0.15, -0.1) is 0 Å². The molecule has 1 amide bonds. The van der Waals surface area contributed by atoms with E-state index in [0.717, 1.165) is 39.2 Å². The van der Waals surface area contributed by atoms with Crippen LogP contribution in [-0.4, -0.2) is 36.6 Å². The normalized spacial score (nSPS) is 15.4. The van der Waals surface area contributed by atoms with Gasteiger partial charge in [0.05, 0.1) is 19.8 Å². The highest BCUT2D eigenvalue weighted by atomic mass is 16.5. The van der Waals surface area contributed by atoms with Gasteiger partial charge in [0, 0.05) is 29.3 Å². The summed E-state index contributed by atoms with van der Waals surface area (Å²) in [7, 11) is 3.32. The maximum Gasteiger partial charge on any atom is 0.257 e. The number of benzene rings is 3. The van der Waals surface area contributed by atoms with Crippen molar-refractivity contribution >= 4 is 22.5 Å². The van der Waals surface area contributed by atoms with Crippen molar-refractivity contribution < 1.29 is 14.3 Å². The van der Waals surface area contributed by atoms with Crippen LogP contribution in [0.3, 0.4) is 0 Å². The van der Waals surface area contributed by atoms with E-state index in [-0.39, 0.29) is 12.1 Å². The molecule has 162 valence electrons. The Balaban J connectivity index is 1.49. The van der Waals surface area contributed by atoms with Gasteiger partial charge in [0.1, 0.15) is 17.7 Å². The molecule has 0 aliphatic carbocycles. The van der Waals surface area contributed by atoms with Crippen molar-refractivity contribution in [1.82, 2.24) is 9.88 Å². The first-order valence-corrected chi connectivity index (χ1v) is 10.6. The van der Waals surface area contributed by atoms with E-state index in [1.54, 1.807) is 14.2 Å². The molecule has 5 rings (SSSR count). The number of aromatic amines is 1. The Labute approximate surface area is 186 Å². The number of amides is 1. The summed E-state index contributed by atoms with van der Waals surface area (Å²) in [6, 6.07) is 21.5. The topological polar surface area (TPSA) is 66.6 Å². The van der Waals surface area contributed by atoms with Crippen molar-refractivity contribution in [3.05, 3.63) is 89.6 Å². The first-order chi connectivity index (χ1) is 15.7. The van der Waals surface area contributed by atoms with Crippen LogP contribution >= 0.6 is 0 Å². The molecule has 4 aromatic rings. The van der Waals surface area contributed by atoms with Crippen LogP contribution in [0, 0.1) is 0 Å². The quantitative estimate of drug-likeness (QED) is 0.455. The minimum absolute atomic E-state index is 0.0181. The predicted octanol–water partition coefficient (Wildman–Crippen LogP) is 4.99. The molecule has 2 heterocycles. The van der Waals surface area contributed by atoms with E-state index in [0.29, 0.717) is 18.5 Å². The number of carbonyl (C=O) groups excluding carboxylic acids is 1. The summed E-state index contributed by atoms with van der Waals surface area (Å²) in [5.41, 5.74) is 4.71. The van der Waals surface area contributed by atoms with E-state index in [9.17, 15) is 4.79 Å². The number of methoxy groups -OCH3 is 2. The zero-order chi connectivity index (χ0) is 22.1. The molecule has 3 aromatic carbocycles. The number of carbonyl (C=O) groups is 1. The standard InChI is InChI=1S/C26H25N3O3/c1-31-19-7-5-6-17(14-19)25-28-24-9-4-3-8-21(24)26(30)29(25)13-12-18-16-27-23-11-10-20(32-2)15-22(18)23/h3-11,14-16,25,27-28H,12-13H2,1-2H3. The fourth-order valence-corrected chi connectivity index (χ4v) is 4.33. The summed E-state index contributed by atoms with van der Waals surface area (Å²) >= 11 is 0. The van der Waals surface area contributed by atoms with E-state index < -0.39 is 0 Å². The average molecular weight is 428 g/mol. The predicted molar refractivity (Wildman–Crippen MR) is 125 cm³/mol. The Morgan fingerprint density at radius 3 is 2.59 bits per heavy atom. The van der Waals surface area contributed by atoms with Gasteiger partial charge in [-0.25, -0.2) is 0 Å². The van der Waals surface area contributed by atoms with Gasteiger partial charge < -0.3 is 24.7 Å². The van der Waals surface area contributed by atoms with E-state index in [1.807, 2.05) is 77.8 Å². The molecule has 0 fully saturated rings. The fourth-order valence-electron chi connectivity index (χ4n) is 4.33. The molecule has 1 aliphatic heterocycles. The fraction of sp³-hybridized carbons (Fsp3) is 0.192. The smallest absolute Gasteiger partial charge is 0.257 e. The van der Waals surface area contributed by atoms with E-state index in [1.165, 1.54) is 0 Å². The SMILES string of the molecule is COc1cccc(C2Nc3ccccc3C(=O)N2CCc2c[nH]c3ccc(OC)cc23)c1. The lowest BCUT2D eigenvalue weighted by atomic mass is 10.0. The summed E-state index contributed by atoms with van der Waals surface area (Å²) < 4.78 is 10.8. The maximum absolute atomic E-state index is 13.5. The molecule has 0 saturated carbocycles. The number of fused-ring (bicyclic) bond motifs is 2. The second-order valence-electron chi connectivity index (χ2n) is 7.84. The Morgan fingerprint density at radius 2 is 1.75 bits per heavy atom. The molecule has 1 unspecified atom stereocenters. The molecule has 0 saturated heterocycles. The van der Waals surface area contributed by atoms with Gasteiger partial charge in [0.25, 0.3) is 5.91 Å². The number of para-hydroxylation sites is 1. The van der Waals surface area contributed by atoms with Crippen molar-refractivity contribution in [2.75, 3.05) is 26.1 Å². The van der Waals surface area contributed by atoms with Crippen molar-refractivity contribution in [3.8, 4) is 11.5 Å². The van der Waals surface area contributed by atoms with Crippen molar-refractivity contribution in [2.24, 2.45) is 0 Å². The molecule has 1 atom stereocenters. The van der Waals surface area contributed by atoms with Gasteiger partial charge in [-0.1, -0.05) is 24.3 Å². The Morgan fingerprint density at radius 1 is 0.938 bits per heavy atom. The molecule has 0 bridgehead atoms. The highest BCUT2D eigenvalue weighted by Crippen LogP contribution is 2.34. The van der Waals surface area contributed by atoms with Crippen molar-refractivity contribution in [2.45, 2.75) is 12.6 Å². The van der Waals surface area contributed by atoms with E-state index in [2.05, 4.69) is 10.3 Å². The van der Waals surface area contributed by atoms with E-state index in [4.69, 9.17) is 9.47 Å². The third-order valence-corrected chi connectivity index (χ3v) is 6.03. The van der Waals surface area contributed by atoms with Crippen LogP contribution < -0.4 is 14.8 Å². The Hall–Kier alpha value is -3.93. The molecule has 0 radical (unpaired) electrons. The molecule has 1 aromatic heterocycles. The van der Waals surface area contributed by atoms with Crippen LogP contribution in [0.5, 0.6) is 11.5 Å². The van der Waals surface area contributed by atoms with Crippen LogP contribution in [0.2, 0.25) is 0 Å².